The molecule has 2 aromatic rings. The average molecular weight is 248 g/mol. The van der Waals surface area contributed by atoms with Crippen molar-refractivity contribution in [3.8, 4) is 0 Å². The van der Waals surface area contributed by atoms with Gasteiger partial charge in [0, 0.05) is 17.3 Å². The minimum Gasteiger partial charge on any atom is -0.316 e. The summed E-state index contributed by atoms with van der Waals surface area (Å²) in [5.41, 5.74) is 2.48. The van der Waals surface area contributed by atoms with Crippen LogP contribution in [0.2, 0.25) is 5.02 Å². The molecule has 0 radical (unpaired) electrons. The maximum absolute atomic E-state index is 6.18. The molecule has 88 valence electrons. The van der Waals surface area contributed by atoms with E-state index in [0.29, 0.717) is 0 Å². The van der Waals surface area contributed by atoms with Crippen molar-refractivity contribution in [2.45, 2.75) is 18.3 Å². The Morgan fingerprint density at radius 1 is 1.41 bits per heavy atom. The fraction of sp³-hybridized carbons (Fsp3) is 0.462. The molecule has 4 rings (SSSR count). The first kappa shape index (κ1) is 9.92. The van der Waals surface area contributed by atoms with Gasteiger partial charge in [-0.15, -0.1) is 0 Å². The van der Waals surface area contributed by atoms with Crippen molar-refractivity contribution in [3.63, 3.8) is 0 Å². The van der Waals surface area contributed by atoms with Gasteiger partial charge in [0.15, 0.2) is 0 Å². The zero-order chi connectivity index (χ0) is 11.5. The summed E-state index contributed by atoms with van der Waals surface area (Å²) in [6, 6.07) is 6.04. The molecule has 2 atom stereocenters. The molecular formula is C13H14ClN3. The molecule has 2 heterocycles. The molecule has 1 saturated carbocycles. The Balaban J connectivity index is 1.90. The van der Waals surface area contributed by atoms with Crippen molar-refractivity contribution >= 4 is 22.5 Å². The summed E-state index contributed by atoms with van der Waals surface area (Å²) in [5.74, 6) is 0.814. The molecule has 0 spiro atoms. The van der Waals surface area contributed by atoms with Crippen molar-refractivity contribution < 1.29 is 0 Å². The zero-order valence-electron chi connectivity index (χ0n) is 9.46. The zero-order valence-corrected chi connectivity index (χ0v) is 10.2. The van der Waals surface area contributed by atoms with E-state index in [0.717, 1.165) is 29.5 Å². The number of piperidine rings is 1. The van der Waals surface area contributed by atoms with E-state index in [1.165, 1.54) is 23.9 Å². The van der Waals surface area contributed by atoms with Crippen LogP contribution in [-0.4, -0.2) is 23.3 Å². The molecule has 2 N–H and O–H groups in total. The van der Waals surface area contributed by atoms with Crippen molar-refractivity contribution in [2.24, 2.45) is 5.92 Å². The van der Waals surface area contributed by atoms with Crippen molar-refractivity contribution in [2.75, 3.05) is 13.1 Å². The Bertz CT molecular complexity index is 591. The van der Waals surface area contributed by atoms with Gasteiger partial charge in [-0.2, -0.15) is 5.10 Å². The monoisotopic (exact) mass is 247 g/mol. The molecule has 0 bridgehead atoms. The van der Waals surface area contributed by atoms with Gasteiger partial charge in [0.05, 0.1) is 16.2 Å². The summed E-state index contributed by atoms with van der Waals surface area (Å²) >= 11 is 6.18. The van der Waals surface area contributed by atoms with Gasteiger partial charge in [0.2, 0.25) is 0 Å². The molecule has 1 aliphatic carbocycles. The quantitative estimate of drug-likeness (QED) is 0.813. The largest absolute Gasteiger partial charge is 0.316 e. The van der Waals surface area contributed by atoms with Crippen LogP contribution in [0.25, 0.3) is 10.9 Å². The number of halogens is 1. The van der Waals surface area contributed by atoms with E-state index < -0.39 is 0 Å². The molecule has 1 aliphatic heterocycles. The molecule has 2 unspecified atom stereocenters. The Labute approximate surface area is 105 Å². The van der Waals surface area contributed by atoms with Gasteiger partial charge in [-0.1, -0.05) is 23.7 Å². The van der Waals surface area contributed by atoms with E-state index in [9.17, 15) is 0 Å². The molecule has 17 heavy (non-hydrogen) atoms. The van der Waals surface area contributed by atoms with Crippen LogP contribution in [0.3, 0.4) is 0 Å². The second-order valence-corrected chi connectivity index (χ2v) is 5.66. The van der Waals surface area contributed by atoms with Crippen LogP contribution in [0.15, 0.2) is 18.2 Å². The van der Waals surface area contributed by atoms with E-state index in [1.807, 2.05) is 12.1 Å². The lowest BCUT2D eigenvalue weighted by Gasteiger charge is -2.21. The first-order chi connectivity index (χ1) is 8.31. The number of nitrogens with one attached hydrogen (secondary N) is 2. The molecule has 2 aliphatic rings. The number of fused-ring (bicyclic) bond motifs is 2. The molecule has 1 saturated heterocycles. The molecule has 4 heteroatoms. The van der Waals surface area contributed by atoms with E-state index in [1.54, 1.807) is 0 Å². The number of benzene rings is 1. The molecule has 1 aromatic carbocycles. The van der Waals surface area contributed by atoms with Crippen LogP contribution < -0.4 is 5.32 Å². The maximum atomic E-state index is 6.18. The summed E-state index contributed by atoms with van der Waals surface area (Å²) in [6.45, 7) is 2.21. The fourth-order valence-corrected chi connectivity index (χ4v) is 3.54. The van der Waals surface area contributed by atoms with Gasteiger partial charge >= 0.3 is 0 Å². The third kappa shape index (κ3) is 1.24. The first-order valence-corrected chi connectivity index (χ1v) is 6.53. The number of aromatic nitrogens is 2. The van der Waals surface area contributed by atoms with E-state index in [-0.39, 0.29) is 5.41 Å². The first-order valence-electron chi connectivity index (χ1n) is 6.15. The van der Waals surface area contributed by atoms with Crippen molar-refractivity contribution in [1.82, 2.24) is 15.5 Å². The summed E-state index contributed by atoms with van der Waals surface area (Å²) in [5, 5.41) is 13.1. The van der Waals surface area contributed by atoms with Crippen LogP contribution in [-0.2, 0) is 5.41 Å². The predicted octanol–water partition coefficient (Wildman–Crippen LogP) is 2.47. The topological polar surface area (TPSA) is 40.7 Å². The average Bonchev–Trinajstić information content (AvgIpc) is 2.93. The second kappa shape index (κ2) is 3.24. The van der Waals surface area contributed by atoms with Crippen molar-refractivity contribution in [3.05, 3.63) is 28.9 Å². The SMILES string of the molecule is Clc1cccc2c(C34CNCCC3C4)n[nH]c12. The Morgan fingerprint density at radius 3 is 3.24 bits per heavy atom. The summed E-state index contributed by atoms with van der Waals surface area (Å²) in [4.78, 5) is 0. The number of H-pyrrole nitrogens is 1. The van der Waals surface area contributed by atoms with E-state index >= 15 is 0 Å². The van der Waals surface area contributed by atoms with E-state index in [2.05, 4.69) is 21.6 Å². The molecule has 0 amide bonds. The number of rotatable bonds is 1. The highest BCUT2D eigenvalue weighted by Crippen LogP contribution is 2.57. The number of hydrogen-bond donors (Lipinski definition) is 2. The molecule has 1 aromatic heterocycles. The Hall–Kier alpha value is -1.06. The third-order valence-electron chi connectivity index (χ3n) is 4.36. The Kier molecular flexibility index (Phi) is 1.89. The van der Waals surface area contributed by atoms with Gasteiger partial charge in [-0.3, -0.25) is 5.10 Å². The number of aromatic amines is 1. The Morgan fingerprint density at radius 2 is 2.35 bits per heavy atom. The summed E-state index contributed by atoms with van der Waals surface area (Å²) < 4.78 is 0. The fourth-order valence-electron chi connectivity index (χ4n) is 3.32. The van der Waals surface area contributed by atoms with Crippen LogP contribution in [0.5, 0.6) is 0 Å². The number of hydrogen-bond acceptors (Lipinski definition) is 2. The minimum absolute atomic E-state index is 0.279. The van der Waals surface area contributed by atoms with Crippen LogP contribution >= 0.6 is 11.6 Å². The van der Waals surface area contributed by atoms with Crippen LogP contribution in [0.1, 0.15) is 18.5 Å². The van der Waals surface area contributed by atoms with Gasteiger partial charge in [-0.25, -0.2) is 0 Å². The van der Waals surface area contributed by atoms with Crippen LogP contribution in [0.4, 0.5) is 0 Å². The standard InChI is InChI=1S/C13H14ClN3/c14-10-3-1-2-9-11(10)16-17-12(9)13-6-8(13)4-5-15-7-13/h1-3,8,15H,4-7H2,(H,16,17). The summed E-state index contributed by atoms with van der Waals surface area (Å²) in [6.07, 6.45) is 2.54. The second-order valence-electron chi connectivity index (χ2n) is 5.26. The lowest BCUT2D eigenvalue weighted by molar-refractivity contribution is 0.441. The predicted molar refractivity (Wildman–Crippen MR) is 68.4 cm³/mol. The van der Waals surface area contributed by atoms with Gasteiger partial charge < -0.3 is 5.32 Å². The van der Waals surface area contributed by atoms with Gasteiger partial charge in [0.1, 0.15) is 0 Å². The van der Waals surface area contributed by atoms with Crippen molar-refractivity contribution in [1.29, 1.82) is 0 Å². The molecular weight excluding hydrogens is 234 g/mol. The highest BCUT2D eigenvalue weighted by Gasteiger charge is 2.58. The lowest BCUT2D eigenvalue weighted by Crippen LogP contribution is -2.34. The highest BCUT2D eigenvalue weighted by atomic mass is 35.5. The van der Waals surface area contributed by atoms with E-state index in [4.69, 9.17) is 11.6 Å². The molecule has 2 fully saturated rings. The van der Waals surface area contributed by atoms with Crippen LogP contribution in [0, 0.1) is 5.92 Å². The minimum atomic E-state index is 0.279. The maximum Gasteiger partial charge on any atom is 0.0839 e. The number of nitrogens with zero attached hydrogens (tertiary/aromatic N) is 1. The smallest absolute Gasteiger partial charge is 0.0839 e. The number of para-hydroxylation sites is 1. The summed E-state index contributed by atoms with van der Waals surface area (Å²) in [7, 11) is 0. The highest BCUT2D eigenvalue weighted by molar-refractivity contribution is 6.35. The van der Waals surface area contributed by atoms with Gasteiger partial charge in [-0.05, 0) is 31.4 Å². The third-order valence-corrected chi connectivity index (χ3v) is 4.68. The normalized spacial score (nSPS) is 31.5. The lowest BCUT2D eigenvalue weighted by atomic mass is 9.92. The van der Waals surface area contributed by atoms with Gasteiger partial charge in [0.25, 0.3) is 0 Å². The molecule has 3 nitrogen and oxygen atoms in total.